The van der Waals surface area contributed by atoms with Gasteiger partial charge in [-0.25, -0.2) is 4.39 Å². The molecule has 2 bridgehead atoms. The number of halogens is 1. The molecule has 3 fully saturated rings. The molecule has 4 rings (SSSR count). The van der Waals surface area contributed by atoms with E-state index in [0.29, 0.717) is 18.1 Å². The van der Waals surface area contributed by atoms with Crippen molar-refractivity contribution in [2.45, 2.75) is 50.9 Å². The van der Waals surface area contributed by atoms with E-state index in [1.165, 1.54) is 12.1 Å². The van der Waals surface area contributed by atoms with Crippen LogP contribution in [0.25, 0.3) is 0 Å². The minimum absolute atomic E-state index is 0.150. The summed E-state index contributed by atoms with van der Waals surface area (Å²) in [4.78, 5) is 19.7. The van der Waals surface area contributed by atoms with Crippen molar-refractivity contribution in [2.75, 3.05) is 27.2 Å². The Morgan fingerprint density at radius 3 is 2.33 bits per heavy atom. The number of likely N-dealkylation sites (N-methyl/N-ethyl adjacent to an activating group) is 1. The molecule has 0 N–H and O–H groups in total. The van der Waals surface area contributed by atoms with E-state index in [1.807, 2.05) is 19.0 Å². The fraction of sp³-hybridized carbons (Fsp3) is 0.632. The molecule has 5 heteroatoms. The number of amides is 1. The van der Waals surface area contributed by atoms with Gasteiger partial charge in [0.1, 0.15) is 11.9 Å². The summed E-state index contributed by atoms with van der Waals surface area (Å²) in [6, 6.07) is 7.20. The molecule has 24 heavy (non-hydrogen) atoms. The number of carbonyl (C=O) groups is 1. The van der Waals surface area contributed by atoms with Crippen molar-refractivity contribution in [2.24, 2.45) is 0 Å². The SMILES string of the molecule is CCC(C)N1CC2CC(C1)N2C(=O)C(c1ccc(F)cc1)N(C)C. The van der Waals surface area contributed by atoms with E-state index < -0.39 is 0 Å². The molecule has 4 nitrogen and oxygen atoms in total. The maximum atomic E-state index is 13.2. The zero-order valence-corrected chi connectivity index (χ0v) is 15.1. The van der Waals surface area contributed by atoms with Crippen molar-refractivity contribution in [1.29, 1.82) is 0 Å². The highest BCUT2D eigenvalue weighted by atomic mass is 19.1. The molecule has 0 saturated carbocycles. The number of benzene rings is 1. The number of carbonyl (C=O) groups excluding carboxylic acids is 1. The normalized spacial score (nSPS) is 26.2. The number of hydrogen-bond donors (Lipinski definition) is 0. The van der Waals surface area contributed by atoms with Gasteiger partial charge in [-0.05, 0) is 51.6 Å². The van der Waals surface area contributed by atoms with Gasteiger partial charge in [0.2, 0.25) is 5.91 Å². The van der Waals surface area contributed by atoms with Crippen LogP contribution in [0.15, 0.2) is 24.3 Å². The largest absolute Gasteiger partial charge is 0.332 e. The molecule has 0 aliphatic carbocycles. The van der Waals surface area contributed by atoms with Gasteiger partial charge in [-0.3, -0.25) is 14.6 Å². The Hall–Kier alpha value is -1.46. The molecular weight excluding hydrogens is 305 g/mol. The lowest BCUT2D eigenvalue weighted by atomic mass is 9.85. The molecule has 1 amide bonds. The van der Waals surface area contributed by atoms with E-state index in [9.17, 15) is 9.18 Å². The zero-order valence-electron chi connectivity index (χ0n) is 15.1. The first-order chi connectivity index (χ1) is 11.4. The topological polar surface area (TPSA) is 26.8 Å². The lowest BCUT2D eigenvalue weighted by Crippen LogP contribution is -2.72. The van der Waals surface area contributed by atoms with Gasteiger partial charge in [0.25, 0.3) is 0 Å². The van der Waals surface area contributed by atoms with Crippen LogP contribution in [0.1, 0.15) is 38.3 Å². The van der Waals surface area contributed by atoms with Crippen LogP contribution < -0.4 is 0 Å². The summed E-state index contributed by atoms with van der Waals surface area (Å²) in [6.45, 7) is 6.42. The molecule has 3 saturated heterocycles. The van der Waals surface area contributed by atoms with Crippen molar-refractivity contribution >= 4 is 5.91 Å². The van der Waals surface area contributed by atoms with E-state index in [4.69, 9.17) is 0 Å². The second kappa shape index (κ2) is 6.81. The summed E-state index contributed by atoms with van der Waals surface area (Å²) >= 11 is 0. The van der Waals surface area contributed by atoms with Crippen LogP contribution in [-0.2, 0) is 4.79 Å². The quantitative estimate of drug-likeness (QED) is 0.828. The highest BCUT2D eigenvalue weighted by molar-refractivity contribution is 5.85. The average molecular weight is 333 g/mol. The molecule has 1 aromatic carbocycles. The standard InChI is InChI=1S/C19H28FN3O/c1-5-13(2)22-11-16-10-17(12-22)23(16)19(24)18(21(3)4)14-6-8-15(20)9-7-14/h6-9,13,16-18H,5,10-12H2,1-4H3. The smallest absolute Gasteiger partial charge is 0.245 e. The van der Waals surface area contributed by atoms with Crippen LogP contribution in [0.4, 0.5) is 4.39 Å². The van der Waals surface area contributed by atoms with E-state index >= 15 is 0 Å². The fourth-order valence-corrected chi connectivity index (χ4v) is 4.07. The summed E-state index contributed by atoms with van der Waals surface area (Å²) in [6.07, 6.45) is 2.26. The number of nitrogens with zero attached hydrogens (tertiary/aromatic N) is 3. The Balaban J connectivity index is 1.75. The van der Waals surface area contributed by atoms with E-state index in [2.05, 4.69) is 23.6 Å². The number of fused-ring (bicyclic) bond motifs is 2. The Bertz CT molecular complexity index is 577. The molecule has 1 aromatic rings. The van der Waals surface area contributed by atoms with Gasteiger partial charge >= 0.3 is 0 Å². The molecule has 0 spiro atoms. The van der Waals surface area contributed by atoms with Crippen LogP contribution in [0.3, 0.4) is 0 Å². The van der Waals surface area contributed by atoms with Gasteiger partial charge < -0.3 is 4.90 Å². The first-order valence-corrected chi connectivity index (χ1v) is 8.90. The lowest BCUT2D eigenvalue weighted by Gasteiger charge is -2.58. The number of rotatable bonds is 5. The minimum atomic E-state index is -0.342. The summed E-state index contributed by atoms with van der Waals surface area (Å²) in [5.74, 6) is -0.120. The van der Waals surface area contributed by atoms with Crippen molar-refractivity contribution in [3.63, 3.8) is 0 Å². The first-order valence-electron chi connectivity index (χ1n) is 8.90. The predicted octanol–water partition coefficient (Wildman–Crippen LogP) is 2.51. The Labute approximate surface area is 144 Å². The highest BCUT2D eigenvalue weighted by Crippen LogP contribution is 2.36. The molecule has 3 heterocycles. The molecular formula is C19H28FN3O. The fourth-order valence-electron chi connectivity index (χ4n) is 4.07. The third-order valence-corrected chi connectivity index (χ3v) is 5.63. The second-order valence-corrected chi connectivity index (χ2v) is 7.42. The van der Waals surface area contributed by atoms with Gasteiger partial charge in [-0.1, -0.05) is 19.1 Å². The summed E-state index contributed by atoms with van der Waals surface area (Å²) < 4.78 is 13.2. The highest BCUT2D eigenvalue weighted by Gasteiger charge is 2.49. The van der Waals surface area contributed by atoms with Gasteiger partial charge in [0, 0.05) is 31.2 Å². The van der Waals surface area contributed by atoms with Crippen LogP contribution in [-0.4, -0.2) is 65.9 Å². The number of piperazine rings is 1. The van der Waals surface area contributed by atoms with Crippen molar-refractivity contribution in [1.82, 2.24) is 14.7 Å². The van der Waals surface area contributed by atoms with E-state index in [1.54, 1.807) is 12.1 Å². The van der Waals surface area contributed by atoms with Gasteiger partial charge in [-0.2, -0.15) is 0 Å². The molecule has 4 atom stereocenters. The molecule has 0 aromatic heterocycles. The Kier molecular flexibility index (Phi) is 4.92. The monoisotopic (exact) mass is 333 g/mol. The molecule has 3 aliphatic rings. The molecule has 0 radical (unpaired) electrons. The molecule has 132 valence electrons. The Morgan fingerprint density at radius 2 is 1.83 bits per heavy atom. The Morgan fingerprint density at radius 1 is 1.25 bits per heavy atom. The lowest BCUT2D eigenvalue weighted by molar-refractivity contribution is -0.160. The number of piperidine rings is 1. The summed E-state index contributed by atoms with van der Waals surface area (Å²) in [7, 11) is 3.82. The third-order valence-electron chi connectivity index (χ3n) is 5.63. The van der Waals surface area contributed by atoms with Crippen molar-refractivity contribution in [3.05, 3.63) is 35.6 Å². The average Bonchev–Trinajstić information content (AvgIpc) is 2.55. The van der Waals surface area contributed by atoms with Crippen LogP contribution in [0.5, 0.6) is 0 Å². The zero-order chi connectivity index (χ0) is 17.4. The second-order valence-electron chi connectivity index (χ2n) is 7.42. The first kappa shape index (κ1) is 17.4. The summed E-state index contributed by atoms with van der Waals surface area (Å²) in [5.41, 5.74) is 0.857. The molecule has 4 unspecified atom stereocenters. The van der Waals surface area contributed by atoms with E-state index in [-0.39, 0.29) is 17.8 Å². The van der Waals surface area contributed by atoms with Gasteiger partial charge in [0.15, 0.2) is 0 Å². The maximum Gasteiger partial charge on any atom is 0.245 e. The van der Waals surface area contributed by atoms with Crippen LogP contribution in [0, 0.1) is 5.82 Å². The predicted molar refractivity (Wildman–Crippen MR) is 93.2 cm³/mol. The van der Waals surface area contributed by atoms with Crippen molar-refractivity contribution in [3.8, 4) is 0 Å². The van der Waals surface area contributed by atoms with Gasteiger partial charge in [-0.15, -0.1) is 0 Å². The van der Waals surface area contributed by atoms with Gasteiger partial charge in [0.05, 0.1) is 0 Å². The third kappa shape index (κ3) is 3.07. The summed E-state index contributed by atoms with van der Waals surface area (Å²) in [5, 5.41) is 0. The number of hydrogen-bond acceptors (Lipinski definition) is 3. The van der Waals surface area contributed by atoms with Crippen LogP contribution >= 0.6 is 0 Å². The molecule has 3 aliphatic heterocycles. The minimum Gasteiger partial charge on any atom is -0.332 e. The van der Waals surface area contributed by atoms with Crippen molar-refractivity contribution < 1.29 is 9.18 Å². The maximum absolute atomic E-state index is 13.2. The van der Waals surface area contributed by atoms with Crippen LogP contribution in [0.2, 0.25) is 0 Å². The van der Waals surface area contributed by atoms with E-state index in [0.717, 1.165) is 31.5 Å².